The van der Waals surface area contributed by atoms with Crippen molar-refractivity contribution in [3.63, 3.8) is 0 Å². The molecule has 0 bridgehead atoms. The Hall–Kier alpha value is -0.560. The lowest BCUT2D eigenvalue weighted by atomic mass is 10.2. The molecule has 0 aromatic rings. The van der Waals surface area contributed by atoms with Crippen molar-refractivity contribution in [2.45, 2.75) is 12.5 Å². The second-order valence-electron chi connectivity index (χ2n) is 1.59. The van der Waals surface area contributed by atoms with Gasteiger partial charge in [0.25, 0.3) is 0 Å². The summed E-state index contributed by atoms with van der Waals surface area (Å²) in [6, 6.07) is -0.149. The summed E-state index contributed by atoms with van der Waals surface area (Å²) in [6.45, 7) is 3.38. The summed E-state index contributed by atoms with van der Waals surface area (Å²) >= 11 is 0. The van der Waals surface area contributed by atoms with Gasteiger partial charge in [0.05, 0.1) is 6.61 Å². The Morgan fingerprint density at radius 1 is 1.88 bits per heavy atom. The van der Waals surface area contributed by atoms with E-state index in [0.29, 0.717) is 6.42 Å². The van der Waals surface area contributed by atoms with Gasteiger partial charge in [-0.05, 0) is 12.5 Å². The third-order valence-corrected chi connectivity index (χ3v) is 0.799. The zero-order chi connectivity index (χ0) is 6.41. The van der Waals surface area contributed by atoms with Gasteiger partial charge in [-0.2, -0.15) is 0 Å². The first kappa shape index (κ1) is 7.44. The van der Waals surface area contributed by atoms with Crippen LogP contribution in [0.4, 0.5) is 0 Å². The minimum Gasteiger partial charge on any atom is -0.395 e. The molecule has 0 aliphatic rings. The fourth-order valence-electron chi connectivity index (χ4n) is 0.309. The van der Waals surface area contributed by atoms with Crippen LogP contribution in [0.5, 0.6) is 0 Å². The molecule has 1 unspecified atom stereocenters. The standard InChI is InChI=1S/C6H11NO/c1-2-3-4-6(7)5-8/h3,6,8H,1,4-5,7H2. The number of aliphatic hydroxyl groups is 1. The third kappa shape index (κ3) is 3.62. The van der Waals surface area contributed by atoms with Crippen LogP contribution in [0, 0.1) is 0 Å². The molecule has 0 spiro atoms. The van der Waals surface area contributed by atoms with Crippen molar-refractivity contribution in [3.8, 4) is 0 Å². The average Bonchev–Trinajstić information content (AvgIpc) is 1.83. The van der Waals surface area contributed by atoms with Crippen LogP contribution in [-0.4, -0.2) is 17.8 Å². The van der Waals surface area contributed by atoms with Gasteiger partial charge in [-0.25, -0.2) is 0 Å². The van der Waals surface area contributed by atoms with Crippen LogP contribution in [-0.2, 0) is 0 Å². The SMILES string of the molecule is C=C=CCC(N)CO. The third-order valence-electron chi connectivity index (χ3n) is 0.799. The second-order valence-corrected chi connectivity index (χ2v) is 1.59. The molecule has 1 atom stereocenters. The molecule has 0 aliphatic heterocycles. The number of hydrogen-bond donors (Lipinski definition) is 2. The van der Waals surface area contributed by atoms with Crippen LogP contribution in [0.3, 0.4) is 0 Å². The molecule has 0 aliphatic carbocycles. The molecule has 8 heavy (non-hydrogen) atoms. The molecule has 0 aromatic carbocycles. The second kappa shape index (κ2) is 4.60. The van der Waals surface area contributed by atoms with E-state index >= 15 is 0 Å². The maximum Gasteiger partial charge on any atom is 0.0585 e. The van der Waals surface area contributed by atoms with E-state index in [1.165, 1.54) is 0 Å². The van der Waals surface area contributed by atoms with Gasteiger partial charge in [-0.3, -0.25) is 0 Å². The van der Waals surface area contributed by atoms with Gasteiger partial charge < -0.3 is 10.8 Å². The largest absolute Gasteiger partial charge is 0.395 e. The predicted octanol–water partition coefficient (Wildman–Crippen LogP) is 0.0372. The minimum atomic E-state index is -0.149. The van der Waals surface area contributed by atoms with Gasteiger partial charge in [0.2, 0.25) is 0 Å². The van der Waals surface area contributed by atoms with E-state index in [0.717, 1.165) is 0 Å². The highest BCUT2D eigenvalue weighted by molar-refractivity contribution is 4.80. The van der Waals surface area contributed by atoms with E-state index in [1.54, 1.807) is 6.08 Å². The van der Waals surface area contributed by atoms with Crippen LogP contribution in [0.25, 0.3) is 0 Å². The molecule has 2 heteroatoms. The summed E-state index contributed by atoms with van der Waals surface area (Å²) in [5, 5.41) is 8.37. The van der Waals surface area contributed by atoms with Crippen LogP contribution in [0.2, 0.25) is 0 Å². The first-order chi connectivity index (χ1) is 3.81. The van der Waals surface area contributed by atoms with E-state index < -0.39 is 0 Å². The molecule has 0 heterocycles. The molecule has 0 rings (SSSR count). The molecule has 0 saturated heterocycles. The van der Waals surface area contributed by atoms with Crippen molar-refractivity contribution in [2.75, 3.05) is 6.61 Å². The zero-order valence-corrected chi connectivity index (χ0v) is 4.80. The molecule has 0 amide bonds. The van der Waals surface area contributed by atoms with Crippen molar-refractivity contribution in [2.24, 2.45) is 5.73 Å². The topological polar surface area (TPSA) is 46.2 Å². The number of nitrogens with two attached hydrogens (primary N) is 1. The Balaban J connectivity index is 3.23. The molecule has 0 fully saturated rings. The van der Waals surface area contributed by atoms with Crippen molar-refractivity contribution in [1.82, 2.24) is 0 Å². The van der Waals surface area contributed by atoms with E-state index in [2.05, 4.69) is 12.3 Å². The molecule has 0 aromatic heterocycles. The Labute approximate surface area is 49.3 Å². The van der Waals surface area contributed by atoms with Crippen molar-refractivity contribution < 1.29 is 5.11 Å². The van der Waals surface area contributed by atoms with Crippen molar-refractivity contribution in [1.29, 1.82) is 0 Å². The Bertz CT molecular complexity index is 94.7. The smallest absolute Gasteiger partial charge is 0.0585 e. The zero-order valence-electron chi connectivity index (χ0n) is 4.80. The summed E-state index contributed by atoms with van der Waals surface area (Å²) < 4.78 is 0. The molecule has 46 valence electrons. The molecule has 0 saturated carbocycles. The highest BCUT2D eigenvalue weighted by Crippen LogP contribution is 1.84. The first-order valence-corrected chi connectivity index (χ1v) is 2.52. The molecule has 0 radical (unpaired) electrons. The maximum absolute atomic E-state index is 8.37. The fourth-order valence-corrected chi connectivity index (χ4v) is 0.309. The van der Waals surface area contributed by atoms with E-state index in [9.17, 15) is 0 Å². The van der Waals surface area contributed by atoms with Gasteiger partial charge >= 0.3 is 0 Å². The van der Waals surface area contributed by atoms with Gasteiger partial charge in [-0.1, -0.05) is 6.58 Å². The lowest BCUT2D eigenvalue weighted by molar-refractivity contribution is 0.266. The van der Waals surface area contributed by atoms with Crippen LogP contribution in [0.1, 0.15) is 6.42 Å². The number of hydrogen-bond acceptors (Lipinski definition) is 2. The normalized spacial score (nSPS) is 12.2. The lowest BCUT2D eigenvalue weighted by Crippen LogP contribution is -2.22. The molecular formula is C6H11NO. The molecule has 2 nitrogen and oxygen atoms in total. The quantitative estimate of drug-likeness (QED) is 0.507. The Morgan fingerprint density at radius 3 is 2.88 bits per heavy atom. The average molecular weight is 113 g/mol. The maximum atomic E-state index is 8.37. The highest BCUT2D eigenvalue weighted by Gasteiger charge is 1.92. The monoisotopic (exact) mass is 113 g/mol. The predicted molar refractivity (Wildman–Crippen MR) is 33.4 cm³/mol. The fraction of sp³-hybridized carbons (Fsp3) is 0.500. The van der Waals surface area contributed by atoms with Crippen LogP contribution in [0.15, 0.2) is 18.4 Å². The van der Waals surface area contributed by atoms with Crippen LogP contribution < -0.4 is 5.73 Å². The molecule has 3 N–H and O–H groups in total. The summed E-state index contributed by atoms with van der Waals surface area (Å²) in [6.07, 6.45) is 2.36. The van der Waals surface area contributed by atoms with Crippen molar-refractivity contribution in [3.05, 3.63) is 18.4 Å². The van der Waals surface area contributed by atoms with Gasteiger partial charge in [-0.15, -0.1) is 5.73 Å². The summed E-state index contributed by atoms with van der Waals surface area (Å²) in [5.74, 6) is 0. The van der Waals surface area contributed by atoms with E-state index in [1.807, 2.05) is 0 Å². The Kier molecular flexibility index (Phi) is 4.27. The lowest BCUT2D eigenvalue weighted by Gasteiger charge is -1.99. The van der Waals surface area contributed by atoms with E-state index in [4.69, 9.17) is 10.8 Å². The number of rotatable bonds is 3. The highest BCUT2D eigenvalue weighted by atomic mass is 16.3. The van der Waals surface area contributed by atoms with Gasteiger partial charge in [0.1, 0.15) is 0 Å². The van der Waals surface area contributed by atoms with Crippen molar-refractivity contribution >= 4 is 0 Å². The Morgan fingerprint density at radius 2 is 2.50 bits per heavy atom. The number of aliphatic hydroxyl groups excluding tert-OH is 1. The summed E-state index contributed by atoms with van der Waals surface area (Å²) in [4.78, 5) is 0. The first-order valence-electron chi connectivity index (χ1n) is 2.52. The summed E-state index contributed by atoms with van der Waals surface area (Å²) in [7, 11) is 0. The van der Waals surface area contributed by atoms with Crippen LogP contribution >= 0.6 is 0 Å². The van der Waals surface area contributed by atoms with Gasteiger partial charge in [0.15, 0.2) is 0 Å². The molecular weight excluding hydrogens is 102 g/mol. The minimum absolute atomic E-state index is 0.0260. The summed E-state index contributed by atoms with van der Waals surface area (Å²) in [5.41, 5.74) is 7.88. The van der Waals surface area contributed by atoms with Gasteiger partial charge in [0, 0.05) is 6.04 Å². The van der Waals surface area contributed by atoms with E-state index in [-0.39, 0.29) is 12.6 Å².